The maximum Gasteiger partial charge on any atom is 0.269 e. The minimum atomic E-state index is -0.414. The van der Waals surface area contributed by atoms with E-state index >= 15 is 0 Å². The van der Waals surface area contributed by atoms with Crippen molar-refractivity contribution in [1.82, 2.24) is 25.5 Å². The summed E-state index contributed by atoms with van der Waals surface area (Å²) < 4.78 is 1.63. The number of nitrogens with one attached hydrogen (secondary N) is 1. The van der Waals surface area contributed by atoms with Gasteiger partial charge in [-0.2, -0.15) is 0 Å². The van der Waals surface area contributed by atoms with Gasteiger partial charge >= 0.3 is 0 Å². The zero-order valence-electron chi connectivity index (χ0n) is 10.5. The summed E-state index contributed by atoms with van der Waals surface area (Å²) >= 11 is 0. The van der Waals surface area contributed by atoms with Crippen LogP contribution in [0.3, 0.4) is 0 Å². The van der Waals surface area contributed by atoms with E-state index in [1.54, 1.807) is 10.7 Å². The first-order chi connectivity index (χ1) is 9.20. The number of benzene rings is 1. The summed E-state index contributed by atoms with van der Waals surface area (Å²) in [5.41, 5.74) is 0.859. The highest BCUT2D eigenvalue weighted by atomic mass is 16.6. The lowest BCUT2D eigenvalue weighted by molar-refractivity contribution is -0.384. The van der Waals surface area contributed by atoms with Crippen molar-refractivity contribution < 1.29 is 4.92 Å². The molecule has 0 radical (unpaired) electrons. The number of nitro groups is 1. The van der Waals surface area contributed by atoms with Gasteiger partial charge in [-0.3, -0.25) is 10.1 Å². The highest BCUT2D eigenvalue weighted by Gasteiger charge is 2.09. The number of rotatable bonds is 6. The van der Waals surface area contributed by atoms with E-state index < -0.39 is 4.92 Å². The van der Waals surface area contributed by atoms with Crippen molar-refractivity contribution in [3.05, 3.63) is 45.8 Å². The molecule has 0 saturated heterocycles. The Morgan fingerprint density at radius 1 is 1.47 bits per heavy atom. The average Bonchev–Trinajstić information content (AvgIpc) is 2.84. The second kappa shape index (κ2) is 6.01. The lowest BCUT2D eigenvalue weighted by Crippen LogP contribution is -2.17. The Kier molecular flexibility index (Phi) is 4.14. The fourth-order valence-corrected chi connectivity index (χ4v) is 1.65. The Balaban J connectivity index is 2.14. The molecule has 0 aliphatic heterocycles. The molecule has 1 aromatic heterocycles. The van der Waals surface area contributed by atoms with Crippen LogP contribution in [-0.4, -0.2) is 31.7 Å². The molecule has 19 heavy (non-hydrogen) atoms. The Morgan fingerprint density at radius 3 is 3.05 bits per heavy atom. The topological polar surface area (TPSA) is 98.8 Å². The summed E-state index contributed by atoms with van der Waals surface area (Å²) in [5.74, 6) is 0.702. The highest BCUT2D eigenvalue weighted by Crippen LogP contribution is 2.14. The zero-order chi connectivity index (χ0) is 13.7. The molecule has 1 N–H and O–H groups in total. The standard InChI is InChI=1S/C11H14N6O2/c1-2-12-7-11-13-14-15-16(11)8-9-4-3-5-10(6-9)17(18)19/h3-6,12H,2,7-8H2,1H3. The number of non-ortho nitro benzene ring substituents is 1. The van der Waals surface area contributed by atoms with Crippen LogP contribution in [0, 0.1) is 10.1 Å². The van der Waals surface area contributed by atoms with Crippen molar-refractivity contribution in [3.8, 4) is 0 Å². The van der Waals surface area contributed by atoms with E-state index in [0.29, 0.717) is 18.9 Å². The fraction of sp³-hybridized carbons (Fsp3) is 0.364. The SMILES string of the molecule is CCNCc1nnnn1Cc1cccc([N+](=O)[O-])c1. The first-order valence-corrected chi connectivity index (χ1v) is 5.89. The fourth-order valence-electron chi connectivity index (χ4n) is 1.65. The van der Waals surface area contributed by atoms with E-state index in [1.807, 2.05) is 13.0 Å². The number of hydrogen-bond donors (Lipinski definition) is 1. The lowest BCUT2D eigenvalue weighted by atomic mass is 10.2. The second-order valence-electron chi connectivity index (χ2n) is 3.96. The van der Waals surface area contributed by atoms with E-state index in [0.717, 1.165) is 12.1 Å². The average molecular weight is 262 g/mol. The van der Waals surface area contributed by atoms with Crippen molar-refractivity contribution in [1.29, 1.82) is 0 Å². The molecule has 0 spiro atoms. The number of nitrogens with zero attached hydrogens (tertiary/aromatic N) is 5. The van der Waals surface area contributed by atoms with Crippen molar-refractivity contribution in [2.75, 3.05) is 6.54 Å². The third-order valence-electron chi connectivity index (χ3n) is 2.59. The van der Waals surface area contributed by atoms with Gasteiger partial charge in [-0.1, -0.05) is 19.1 Å². The van der Waals surface area contributed by atoms with Crippen LogP contribution in [-0.2, 0) is 13.1 Å². The molecular formula is C11H14N6O2. The van der Waals surface area contributed by atoms with E-state index in [-0.39, 0.29) is 5.69 Å². The van der Waals surface area contributed by atoms with Crippen molar-refractivity contribution in [3.63, 3.8) is 0 Å². The van der Waals surface area contributed by atoms with Gasteiger partial charge < -0.3 is 5.32 Å². The molecule has 0 aliphatic carbocycles. The number of hydrogen-bond acceptors (Lipinski definition) is 6. The normalized spacial score (nSPS) is 10.6. The number of nitro benzene ring substituents is 1. The highest BCUT2D eigenvalue weighted by molar-refractivity contribution is 5.34. The molecule has 0 fully saturated rings. The van der Waals surface area contributed by atoms with Gasteiger partial charge in [-0.05, 0) is 22.5 Å². The van der Waals surface area contributed by atoms with Crippen molar-refractivity contribution in [2.24, 2.45) is 0 Å². The summed E-state index contributed by atoms with van der Waals surface area (Å²) in [6.07, 6.45) is 0. The molecule has 0 aliphatic rings. The van der Waals surface area contributed by atoms with Crippen LogP contribution in [0.2, 0.25) is 0 Å². The molecule has 2 rings (SSSR count). The Hall–Kier alpha value is -2.35. The van der Waals surface area contributed by atoms with Crippen LogP contribution in [0.25, 0.3) is 0 Å². The van der Waals surface area contributed by atoms with Gasteiger partial charge in [-0.15, -0.1) is 5.10 Å². The summed E-state index contributed by atoms with van der Waals surface area (Å²) in [7, 11) is 0. The predicted molar refractivity (Wildman–Crippen MR) is 67.4 cm³/mol. The van der Waals surface area contributed by atoms with Gasteiger partial charge in [0.25, 0.3) is 5.69 Å². The molecule has 0 bridgehead atoms. The van der Waals surface area contributed by atoms with Crippen molar-refractivity contribution in [2.45, 2.75) is 20.0 Å². The van der Waals surface area contributed by atoms with E-state index in [2.05, 4.69) is 20.8 Å². The molecule has 1 heterocycles. The third-order valence-corrected chi connectivity index (χ3v) is 2.59. The van der Waals surface area contributed by atoms with Gasteiger partial charge in [0.05, 0.1) is 18.0 Å². The quantitative estimate of drug-likeness (QED) is 0.609. The van der Waals surface area contributed by atoms with Crippen LogP contribution < -0.4 is 5.32 Å². The van der Waals surface area contributed by atoms with Crippen molar-refractivity contribution >= 4 is 5.69 Å². The molecule has 1 aromatic carbocycles. The number of tetrazole rings is 1. The maximum atomic E-state index is 10.7. The van der Waals surface area contributed by atoms with Gasteiger partial charge in [0.15, 0.2) is 5.82 Å². The van der Waals surface area contributed by atoms with Gasteiger partial charge in [-0.25, -0.2) is 4.68 Å². The Bertz CT molecular complexity index is 568. The first kappa shape index (κ1) is 13.1. The zero-order valence-corrected chi connectivity index (χ0v) is 10.5. The molecule has 100 valence electrons. The summed E-state index contributed by atoms with van der Waals surface area (Å²) in [6, 6.07) is 6.45. The molecule has 0 unspecified atom stereocenters. The molecule has 0 amide bonds. The van der Waals surface area contributed by atoms with Gasteiger partial charge in [0.2, 0.25) is 0 Å². The van der Waals surface area contributed by atoms with Crippen LogP contribution >= 0.6 is 0 Å². The molecule has 8 nitrogen and oxygen atoms in total. The molecule has 0 saturated carbocycles. The molecular weight excluding hydrogens is 248 g/mol. The molecule has 0 atom stereocenters. The molecule has 2 aromatic rings. The number of aromatic nitrogens is 4. The van der Waals surface area contributed by atoms with Crippen LogP contribution in [0.1, 0.15) is 18.3 Å². The summed E-state index contributed by atoms with van der Waals surface area (Å²) in [6.45, 7) is 3.80. The van der Waals surface area contributed by atoms with E-state index in [1.165, 1.54) is 12.1 Å². The smallest absolute Gasteiger partial charge is 0.269 e. The first-order valence-electron chi connectivity index (χ1n) is 5.89. The van der Waals surface area contributed by atoms with Crippen LogP contribution in [0.15, 0.2) is 24.3 Å². The summed E-state index contributed by atoms with van der Waals surface area (Å²) in [5, 5.41) is 25.3. The van der Waals surface area contributed by atoms with Crippen LogP contribution in [0.5, 0.6) is 0 Å². The van der Waals surface area contributed by atoms with Gasteiger partial charge in [0.1, 0.15) is 0 Å². The van der Waals surface area contributed by atoms with E-state index in [4.69, 9.17) is 0 Å². The predicted octanol–water partition coefficient (Wildman–Crippen LogP) is 0.739. The largest absolute Gasteiger partial charge is 0.310 e. The van der Waals surface area contributed by atoms with Crippen LogP contribution in [0.4, 0.5) is 5.69 Å². The monoisotopic (exact) mass is 262 g/mol. The lowest BCUT2D eigenvalue weighted by Gasteiger charge is -2.05. The summed E-state index contributed by atoms with van der Waals surface area (Å²) in [4.78, 5) is 10.3. The maximum absolute atomic E-state index is 10.7. The van der Waals surface area contributed by atoms with E-state index in [9.17, 15) is 10.1 Å². The third kappa shape index (κ3) is 3.32. The Labute approximate surface area is 109 Å². The Morgan fingerprint density at radius 2 is 2.32 bits per heavy atom. The minimum Gasteiger partial charge on any atom is -0.310 e. The second-order valence-corrected chi connectivity index (χ2v) is 3.96. The van der Waals surface area contributed by atoms with Gasteiger partial charge in [0, 0.05) is 12.1 Å². The minimum absolute atomic E-state index is 0.0683. The molecule has 8 heteroatoms.